The minimum atomic E-state index is -4.15. The summed E-state index contributed by atoms with van der Waals surface area (Å²) in [6, 6.07) is 5.43. The van der Waals surface area contributed by atoms with Gasteiger partial charge in [0, 0.05) is 18.8 Å². The van der Waals surface area contributed by atoms with Gasteiger partial charge in [0.1, 0.15) is 11.5 Å². The van der Waals surface area contributed by atoms with Crippen LogP contribution in [0, 0.1) is 17.3 Å². The van der Waals surface area contributed by atoms with Gasteiger partial charge in [0.15, 0.2) is 0 Å². The lowest BCUT2D eigenvalue weighted by Crippen LogP contribution is -2.44. The molecule has 1 N–H and O–H groups in total. The summed E-state index contributed by atoms with van der Waals surface area (Å²) in [5.74, 6) is 1.45. The summed E-state index contributed by atoms with van der Waals surface area (Å²) in [6.07, 6.45) is 6.54. The molecular formula is C21H27NO5S. The van der Waals surface area contributed by atoms with Gasteiger partial charge >= 0.3 is 10.3 Å². The highest BCUT2D eigenvalue weighted by molar-refractivity contribution is 7.85. The highest BCUT2D eigenvalue weighted by Gasteiger charge is 2.56. The molecule has 4 rings (SSSR count). The normalized spacial score (nSPS) is 31.5. The number of ketones is 1. The maximum Gasteiger partial charge on any atom is 0.409 e. The molecule has 2 saturated carbocycles. The Kier molecular flexibility index (Phi) is 4.76. The molecule has 3 aliphatic carbocycles. The van der Waals surface area contributed by atoms with E-state index >= 15 is 0 Å². The molecule has 1 aromatic carbocycles. The molecule has 0 bridgehead atoms. The molecule has 0 spiro atoms. The Labute approximate surface area is 166 Å². The van der Waals surface area contributed by atoms with E-state index < -0.39 is 16.2 Å². The van der Waals surface area contributed by atoms with Gasteiger partial charge in [-0.2, -0.15) is 8.42 Å². The van der Waals surface area contributed by atoms with Crippen molar-refractivity contribution in [1.29, 1.82) is 0 Å². The van der Waals surface area contributed by atoms with Crippen LogP contribution in [0.3, 0.4) is 0 Å². The van der Waals surface area contributed by atoms with Crippen molar-refractivity contribution in [2.45, 2.75) is 64.7 Å². The third-order valence-electron chi connectivity index (χ3n) is 7.25. The van der Waals surface area contributed by atoms with Gasteiger partial charge in [-0.25, -0.2) is 4.72 Å². The summed E-state index contributed by atoms with van der Waals surface area (Å²) in [4.78, 5) is 23.6. The number of carbonyl (C=O) groups excluding carboxylic acids is 2. The van der Waals surface area contributed by atoms with Crippen molar-refractivity contribution in [2.24, 2.45) is 17.3 Å². The van der Waals surface area contributed by atoms with E-state index in [1.807, 2.05) is 10.8 Å². The summed E-state index contributed by atoms with van der Waals surface area (Å²) >= 11 is 0. The lowest BCUT2D eigenvalue weighted by Gasteiger charge is -2.49. The SMILES string of the molecule is CCC12CCC3c4ccc(OS(=O)(=O)NC(C)=O)cc4CCC3C1CCC2=O. The molecule has 0 aliphatic heterocycles. The van der Waals surface area contributed by atoms with Crippen molar-refractivity contribution in [3.8, 4) is 5.75 Å². The van der Waals surface area contributed by atoms with Crippen molar-refractivity contribution in [1.82, 2.24) is 4.72 Å². The third-order valence-corrected chi connectivity index (χ3v) is 8.20. The number of aryl methyl sites for hydroxylation is 1. The van der Waals surface area contributed by atoms with Crippen LogP contribution in [-0.2, 0) is 26.3 Å². The Morgan fingerprint density at radius 2 is 2.04 bits per heavy atom. The van der Waals surface area contributed by atoms with E-state index in [0.717, 1.165) is 57.4 Å². The molecule has 2 fully saturated rings. The van der Waals surface area contributed by atoms with Crippen LogP contribution in [0.1, 0.15) is 69.4 Å². The first-order valence-corrected chi connectivity index (χ1v) is 11.6. The topological polar surface area (TPSA) is 89.5 Å². The van der Waals surface area contributed by atoms with Crippen LogP contribution in [0.4, 0.5) is 0 Å². The molecule has 4 unspecified atom stereocenters. The molecule has 0 heterocycles. The Hall–Kier alpha value is -1.89. The number of fused-ring (bicyclic) bond motifs is 5. The zero-order valence-electron chi connectivity index (χ0n) is 16.4. The zero-order valence-corrected chi connectivity index (χ0v) is 17.2. The van der Waals surface area contributed by atoms with Crippen LogP contribution >= 0.6 is 0 Å². The molecule has 152 valence electrons. The molecule has 4 atom stereocenters. The fourth-order valence-corrected chi connectivity index (χ4v) is 6.91. The first kappa shape index (κ1) is 19.4. The molecule has 0 radical (unpaired) electrons. The first-order valence-electron chi connectivity index (χ1n) is 10.1. The summed E-state index contributed by atoms with van der Waals surface area (Å²) in [5.41, 5.74) is 2.28. The van der Waals surface area contributed by atoms with Crippen molar-refractivity contribution in [3.05, 3.63) is 29.3 Å². The smallest absolute Gasteiger partial charge is 0.367 e. The molecular weight excluding hydrogens is 378 g/mol. The minimum Gasteiger partial charge on any atom is -0.367 e. The minimum absolute atomic E-state index is 0.103. The Bertz CT molecular complexity index is 925. The molecule has 1 aromatic rings. The number of nitrogens with one attached hydrogen (secondary N) is 1. The quantitative estimate of drug-likeness (QED) is 0.830. The van der Waals surface area contributed by atoms with E-state index in [1.165, 1.54) is 5.56 Å². The average Bonchev–Trinajstić information content (AvgIpc) is 2.97. The van der Waals surface area contributed by atoms with Crippen molar-refractivity contribution < 1.29 is 22.2 Å². The van der Waals surface area contributed by atoms with E-state index in [9.17, 15) is 18.0 Å². The Morgan fingerprint density at radius 1 is 1.25 bits per heavy atom. The predicted octanol–water partition coefficient (Wildman–Crippen LogP) is 3.26. The predicted molar refractivity (Wildman–Crippen MR) is 104 cm³/mol. The van der Waals surface area contributed by atoms with Crippen LogP contribution in [-0.4, -0.2) is 20.1 Å². The number of carbonyl (C=O) groups is 2. The number of hydrogen-bond donors (Lipinski definition) is 1. The summed E-state index contributed by atoms with van der Waals surface area (Å²) in [5, 5.41) is 0. The number of Topliss-reactive ketones (excluding diaryl/α,β-unsaturated/α-hetero) is 1. The van der Waals surface area contributed by atoms with E-state index in [-0.39, 0.29) is 11.2 Å². The molecule has 7 heteroatoms. The largest absolute Gasteiger partial charge is 0.409 e. The fraction of sp³-hybridized carbons (Fsp3) is 0.619. The highest BCUT2D eigenvalue weighted by Crippen LogP contribution is 2.61. The average molecular weight is 406 g/mol. The van der Waals surface area contributed by atoms with Crippen LogP contribution in [0.25, 0.3) is 0 Å². The van der Waals surface area contributed by atoms with Crippen LogP contribution < -0.4 is 8.91 Å². The molecule has 28 heavy (non-hydrogen) atoms. The second-order valence-corrected chi connectivity index (χ2v) is 9.76. The van der Waals surface area contributed by atoms with E-state index in [2.05, 4.69) is 6.92 Å². The molecule has 0 saturated heterocycles. The van der Waals surface area contributed by atoms with Crippen LogP contribution in [0.2, 0.25) is 0 Å². The summed E-state index contributed by atoms with van der Waals surface area (Å²) < 4.78 is 30.5. The van der Waals surface area contributed by atoms with Gasteiger partial charge < -0.3 is 4.18 Å². The monoisotopic (exact) mass is 405 g/mol. The van der Waals surface area contributed by atoms with E-state index in [1.54, 1.807) is 12.1 Å². The maximum atomic E-state index is 12.6. The van der Waals surface area contributed by atoms with Gasteiger partial charge in [-0.05, 0) is 79.5 Å². The van der Waals surface area contributed by atoms with Crippen molar-refractivity contribution in [2.75, 3.05) is 0 Å². The fourth-order valence-electron chi connectivity index (χ4n) is 6.16. The summed E-state index contributed by atoms with van der Waals surface area (Å²) in [7, 11) is -4.15. The van der Waals surface area contributed by atoms with Gasteiger partial charge in [0.25, 0.3) is 0 Å². The lowest BCUT2D eigenvalue weighted by molar-refractivity contribution is -0.131. The molecule has 6 nitrogen and oxygen atoms in total. The Balaban J connectivity index is 1.58. The summed E-state index contributed by atoms with van der Waals surface area (Å²) in [6.45, 7) is 3.29. The van der Waals surface area contributed by atoms with Crippen LogP contribution in [0.15, 0.2) is 18.2 Å². The maximum absolute atomic E-state index is 12.6. The molecule has 0 aromatic heterocycles. The van der Waals surface area contributed by atoms with Gasteiger partial charge in [-0.1, -0.05) is 13.0 Å². The molecule has 1 amide bonds. The van der Waals surface area contributed by atoms with E-state index in [4.69, 9.17) is 4.18 Å². The number of benzene rings is 1. The number of rotatable bonds is 4. The number of amides is 1. The van der Waals surface area contributed by atoms with Gasteiger partial charge in [-0.15, -0.1) is 0 Å². The van der Waals surface area contributed by atoms with Crippen molar-refractivity contribution in [3.63, 3.8) is 0 Å². The first-order chi connectivity index (χ1) is 13.3. The second-order valence-electron chi connectivity index (χ2n) is 8.48. The second kappa shape index (κ2) is 6.87. The van der Waals surface area contributed by atoms with E-state index in [0.29, 0.717) is 23.5 Å². The number of hydrogen-bond acceptors (Lipinski definition) is 5. The lowest BCUT2D eigenvalue weighted by atomic mass is 9.54. The third kappa shape index (κ3) is 3.13. The van der Waals surface area contributed by atoms with Crippen molar-refractivity contribution >= 4 is 22.0 Å². The van der Waals surface area contributed by atoms with Gasteiger partial charge in [0.2, 0.25) is 5.91 Å². The molecule has 3 aliphatic rings. The highest BCUT2D eigenvalue weighted by atomic mass is 32.2. The Morgan fingerprint density at radius 3 is 2.75 bits per heavy atom. The van der Waals surface area contributed by atoms with Gasteiger partial charge in [0.05, 0.1) is 0 Å². The zero-order chi connectivity index (χ0) is 20.1. The standard InChI is InChI=1S/C21H27NO5S/c1-3-21-11-10-17-16-7-5-15(27-28(25,26)22-13(2)23)12-14(16)4-6-18(17)19(21)8-9-20(21)24/h5,7,12,17-19H,3-4,6,8-11H2,1-2H3,(H,22,23). The van der Waals surface area contributed by atoms with Crippen LogP contribution in [0.5, 0.6) is 5.75 Å². The van der Waals surface area contributed by atoms with Gasteiger partial charge in [-0.3, -0.25) is 9.59 Å².